The van der Waals surface area contributed by atoms with Gasteiger partial charge in [0.25, 0.3) is 0 Å². The Bertz CT molecular complexity index is 393. The van der Waals surface area contributed by atoms with E-state index >= 15 is 0 Å². The van der Waals surface area contributed by atoms with Crippen molar-refractivity contribution in [2.24, 2.45) is 0 Å². The second-order valence-corrected chi connectivity index (χ2v) is 4.64. The maximum Gasteiger partial charge on any atom is 0.185 e. The van der Waals surface area contributed by atoms with Crippen LogP contribution in [0.2, 0.25) is 0 Å². The van der Waals surface area contributed by atoms with Crippen LogP contribution in [0.25, 0.3) is 12.2 Å². The second-order valence-electron chi connectivity index (χ2n) is 3.36. The molecule has 0 heterocycles. The van der Waals surface area contributed by atoms with E-state index in [1.807, 2.05) is 24.3 Å². The monoisotopic (exact) mass is 232 g/mol. The van der Waals surface area contributed by atoms with Crippen molar-refractivity contribution in [3.05, 3.63) is 48.0 Å². The Labute approximate surface area is 101 Å². The highest BCUT2D eigenvalue weighted by Gasteiger charge is 1.93. The van der Waals surface area contributed by atoms with E-state index in [4.69, 9.17) is 0 Å². The van der Waals surface area contributed by atoms with Gasteiger partial charge in [-0.25, -0.2) is 0 Å². The van der Waals surface area contributed by atoms with Crippen LogP contribution in [-0.2, 0) is 4.79 Å². The molecule has 0 saturated heterocycles. The summed E-state index contributed by atoms with van der Waals surface area (Å²) >= 11 is 1.37. The van der Waals surface area contributed by atoms with Crippen LogP contribution in [0, 0.1) is 0 Å². The normalized spacial score (nSPS) is 10.6. The summed E-state index contributed by atoms with van der Waals surface area (Å²) in [5.74, 6) is 0.849. The maximum absolute atomic E-state index is 10.7. The van der Waals surface area contributed by atoms with Gasteiger partial charge in [-0.1, -0.05) is 60.8 Å². The van der Waals surface area contributed by atoms with E-state index in [2.05, 4.69) is 24.8 Å². The predicted octanol–water partition coefficient (Wildman–Crippen LogP) is 4.01. The van der Waals surface area contributed by atoms with E-state index in [0.717, 1.165) is 17.7 Å². The number of allylic oxidation sites excluding steroid dienone is 1. The first-order valence-electron chi connectivity index (χ1n) is 5.25. The van der Waals surface area contributed by atoms with E-state index in [-0.39, 0.29) is 5.12 Å². The molecule has 84 valence electrons. The number of hydrogen-bond acceptors (Lipinski definition) is 2. The molecule has 0 aliphatic heterocycles. The first-order valence-corrected chi connectivity index (χ1v) is 6.24. The van der Waals surface area contributed by atoms with Crippen LogP contribution in [-0.4, -0.2) is 10.9 Å². The summed E-state index contributed by atoms with van der Waals surface area (Å²) in [5.41, 5.74) is 2.31. The van der Waals surface area contributed by atoms with Crippen molar-refractivity contribution in [1.82, 2.24) is 0 Å². The van der Waals surface area contributed by atoms with Crippen LogP contribution in [0.5, 0.6) is 0 Å². The molecule has 0 atom stereocenters. The number of benzene rings is 1. The predicted molar refractivity (Wildman–Crippen MR) is 73.3 cm³/mol. The van der Waals surface area contributed by atoms with E-state index in [9.17, 15) is 4.79 Å². The van der Waals surface area contributed by atoms with Crippen molar-refractivity contribution in [3.63, 3.8) is 0 Å². The Hall–Kier alpha value is -1.28. The van der Waals surface area contributed by atoms with E-state index in [1.54, 1.807) is 6.92 Å². The fourth-order valence-electron chi connectivity index (χ4n) is 1.33. The minimum absolute atomic E-state index is 0.180. The lowest BCUT2D eigenvalue weighted by molar-refractivity contribution is -0.109. The Balaban J connectivity index is 2.49. The molecule has 0 N–H and O–H groups in total. The van der Waals surface area contributed by atoms with E-state index in [1.165, 1.54) is 17.3 Å². The van der Waals surface area contributed by atoms with Crippen LogP contribution < -0.4 is 0 Å². The Morgan fingerprint density at radius 2 is 2.06 bits per heavy atom. The van der Waals surface area contributed by atoms with Crippen molar-refractivity contribution < 1.29 is 4.79 Å². The lowest BCUT2D eigenvalue weighted by Gasteiger charge is -1.99. The smallest absolute Gasteiger partial charge is 0.185 e. The third-order valence-electron chi connectivity index (χ3n) is 2.10. The largest absolute Gasteiger partial charge is 0.288 e. The average Bonchev–Trinajstić information content (AvgIpc) is 2.29. The summed E-state index contributed by atoms with van der Waals surface area (Å²) in [6, 6.07) is 8.11. The zero-order valence-corrected chi connectivity index (χ0v) is 10.3. The van der Waals surface area contributed by atoms with Crippen LogP contribution in [0.1, 0.15) is 24.5 Å². The molecule has 0 aliphatic carbocycles. The topological polar surface area (TPSA) is 17.1 Å². The minimum atomic E-state index is 0.180. The molecule has 0 radical (unpaired) electrons. The van der Waals surface area contributed by atoms with Crippen molar-refractivity contribution in [1.29, 1.82) is 0 Å². The molecule has 0 fully saturated rings. The van der Waals surface area contributed by atoms with Gasteiger partial charge in [-0.3, -0.25) is 4.79 Å². The Kier molecular flexibility index (Phi) is 5.65. The maximum atomic E-state index is 10.7. The molecular formula is C14H16OS. The van der Waals surface area contributed by atoms with Gasteiger partial charge in [0.1, 0.15) is 0 Å². The second kappa shape index (κ2) is 7.07. The molecular weight excluding hydrogens is 216 g/mol. The van der Waals surface area contributed by atoms with E-state index < -0.39 is 0 Å². The van der Waals surface area contributed by atoms with Crippen LogP contribution in [0.3, 0.4) is 0 Å². The van der Waals surface area contributed by atoms with Crippen LogP contribution in [0.15, 0.2) is 36.9 Å². The van der Waals surface area contributed by atoms with Crippen molar-refractivity contribution >= 4 is 29.0 Å². The van der Waals surface area contributed by atoms with Crippen molar-refractivity contribution in [3.8, 4) is 0 Å². The van der Waals surface area contributed by atoms with Gasteiger partial charge in [0.05, 0.1) is 0 Å². The summed E-state index contributed by atoms with van der Waals surface area (Å²) in [6.07, 6.45) is 6.94. The number of carbonyl (C=O) groups is 1. The minimum Gasteiger partial charge on any atom is -0.288 e. The average molecular weight is 232 g/mol. The third kappa shape index (κ3) is 4.49. The molecule has 0 aliphatic rings. The van der Waals surface area contributed by atoms with Crippen LogP contribution >= 0.6 is 11.8 Å². The summed E-state index contributed by atoms with van der Waals surface area (Å²) in [6.45, 7) is 5.38. The molecule has 0 unspecified atom stereocenters. The first kappa shape index (κ1) is 12.8. The Morgan fingerprint density at radius 3 is 2.69 bits per heavy atom. The molecule has 0 spiro atoms. The molecule has 1 nitrogen and oxygen atoms in total. The van der Waals surface area contributed by atoms with Gasteiger partial charge in [0, 0.05) is 12.7 Å². The zero-order chi connectivity index (χ0) is 11.8. The van der Waals surface area contributed by atoms with Crippen molar-refractivity contribution in [2.75, 3.05) is 5.75 Å². The Morgan fingerprint density at radius 1 is 1.38 bits per heavy atom. The summed E-state index contributed by atoms with van der Waals surface area (Å²) in [7, 11) is 0. The molecule has 1 aromatic carbocycles. The van der Waals surface area contributed by atoms with E-state index in [0.29, 0.717) is 0 Å². The number of rotatable bonds is 5. The summed E-state index contributed by atoms with van der Waals surface area (Å²) < 4.78 is 0. The number of carbonyl (C=O) groups excluding carboxylic acids is 1. The standard InChI is InChI=1S/C14H16OS/c1-3-13-8-4-5-9-14(13)10-6-7-11-16-12(2)15/h3-6,8-10H,1,7,11H2,2H3. The highest BCUT2D eigenvalue weighted by Crippen LogP contribution is 2.12. The van der Waals surface area contributed by atoms with Crippen LogP contribution in [0.4, 0.5) is 0 Å². The van der Waals surface area contributed by atoms with Gasteiger partial charge >= 0.3 is 0 Å². The molecule has 2 heteroatoms. The fourth-order valence-corrected chi connectivity index (χ4v) is 1.87. The first-order chi connectivity index (χ1) is 7.74. The van der Waals surface area contributed by atoms with Gasteiger partial charge in [-0.2, -0.15) is 0 Å². The van der Waals surface area contributed by atoms with Crippen molar-refractivity contribution in [2.45, 2.75) is 13.3 Å². The third-order valence-corrected chi connectivity index (χ3v) is 2.95. The SMILES string of the molecule is C=Cc1ccccc1C=CCCSC(C)=O. The lowest BCUT2D eigenvalue weighted by Crippen LogP contribution is -1.84. The number of hydrogen-bond donors (Lipinski definition) is 0. The zero-order valence-electron chi connectivity index (χ0n) is 9.48. The van der Waals surface area contributed by atoms with Gasteiger partial charge in [0.15, 0.2) is 5.12 Å². The van der Waals surface area contributed by atoms with Gasteiger partial charge in [-0.05, 0) is 17.5 Å². The number of thioether (sulfide) groups is 1. The molecule has 0 amide bonds. The van der Waals surface area contributed by atoms with Gasteiger partial charge < -0.3 is 0 Å². The quantitative estimate of drug-likeness (QED) is 0.713. The molecule has 0 aromatic heterocycles. The highest BCUT2D eigenvalue weighted by molar-refractivity contribution is 8.13. The van der Waals surface area contributed by atoms with Gasteiger partial charge in [-0.15, -0.1) is 0 Å². The molecule has 0 bridgehead atoms. The molecule has 0 saturated carbocycles. The summed E-state index contributed by atoms with van der Waals surface area (Å²) in [4.78, 5) is 10.7. The fraction of sp³-hybridized carbons (Fsp3) is 0.214. The molecule has 1 aromatic rings. The van der Waals surface area contributed by atoms with Gasteiger partial charge in [0.2, 0.25) is 0 Å². The molecule has 1 rings (SSSR count). The highest BCUT2D eigenvalue weighted by atomic mass is 32.2. The lowest BCUT2D eigenvalue weighted by atomic mass is 10.1. The summed E-state index contributed by atoms with van der Waals surface area (Å²) in [5, 5.41) is 0.180. The molecule has 16 heavy (non-hydrogen) atoms.